The van der Waals surface area contributed by atoms with Crippen LogP contribution in [0, 0.1) is 0 Å². The summed E-state index contributed by atoms with van der Waals surface area (Å²) in [5.74, 6) is -0.0302. The molecule has 0 aliphatic heterocycles. The van der Waals surface area contributed by atoms with Crippen LogP contribution < -0.4 is 5.32 Å². The van der Waals surface area contributed by atoms with Gasteiger partial charge in [0, 0.05) is 12.8 Å². The van der Waals surface area contributed by atoms with Crippen LogP contribution in [0.1, 0.15) is 386 Å². The minimum atomic E-state index is -0.667. The van der Waals surface area contributed by atoms with Crippen LogP contribution >= 0.6 is 0 Å². The van der Waals surface area contributed by atoms with Gasteiger partial charge in [0.25, 0.3) is 0 Å². The molecule has 0 aliphatic rings. The van der Waals surface area contributed by atoms with Crippen molar-refractivity contribution >= 4 is 11.9 Å². The molecule has 6 heteroatoms. The van der Waals surface area contributed by atoms with E-state index in [4.69, 9.17) is 4.74 Å². The first-order valence-electron chi connectivity index (χ1n) is 33.9. The van der Waals surface area contributed by atoms with Crippen LogP contribution in [-0.4, -0.2) is 47.4 Å². The minimum Gasteiger partial charge on any atom is -0.466 e. The van der Waals surface area contributed by atoms with Crippen LogP contribution in [0.3, 0.4) is 0 Å². The molecule has 1 amide bonds. The van der Waals surface area contributed by atoms with Gasteiger partial charge in [0.1, 0.15) is 0 Å². The standard InChI is InChI=1S/C68H133NO5/c1-3-5-7-9-11-13-15-17-18-19-20-21-22-23-24-25-28-31-34-37-40-44-48-52-56-60-66(71)65(64-70)69-67(72)61-57-53-49-45-41-38-35-32-29-26-27-30-33-36-39-43-47-51-55-59-63-74-68(73)62-58-54-50-46-42-16-14-12-10-8-6-4-2/h12,14,65-66,70-71H,3-11,13,15-64H2,1-2H3,(H,69,72)/b14-12-. The fraction of sp³-hybridized carbons (Fsp3) is 0.941. The van der Waals surface area contributed by atoms with Crippen molar-refractivity contribution in [3.63, 3.8) is 0 Å². The van der Waals surface area contributed by atoms with Crippen LogP contribution in [0.15, 0.2) is 12.2 Å². The molecule has 6 nitrogen and oxygen atoms in total. The average molecular weight is 1040 g/mol. The van der Waals surface area contributed by atoms with Gasteiger partial charge in [0.05, 0.1) is 25.4 Å². The summed E-state index contributed by atoms with van der Waals surface area (Å²) in [4.78, 5) is 24.6. The molecule has 0 aromatic heterocycles. The number of carbonyl (C=O) groups excluding carboxylic acids is 2. The number of esters is 1. The van der Waals surface area contributed by atoms with Crippen molar-refractivity contribution in [3.8, 4) is 0 Å². The molecule has 2 unspecified atom stereocenters. The highest BCUT2D eigenvalue weighted by Gasteiger charge is 2.20. The van der Waals surface area contributed by atoms with Gasteiger partial charge in [-0.15, -0.1) is 0 Å². The highest BCUT2D eigenvalue weighted by Crippen LogP contribution is 2.19. The third-order valence-corrected chi connectivity index (χ3v) is 16.1. The maximum atomic E-state index is 12.5. The number of nitrogens with one attached hydrogen (secondary N) is 1. The predicted octanol–water partition coefficient (Wildman–Crippen LogP) is 21.6. The van der Waals surface area contributed by atoms with E-state index in [9.17, 15) is 19.8 Å². The van der Waals surface area contributed by atoms with Gasteiger partial charge in [-0.25, -0.2) is 0 Å². The van der Waals surface area contributed by atoms with Crippen LogP contribution in [0.4, 0.5) is 0 Å². The lowest BCUT2D eigenvalue weighted by Crippen LogP contribution is -2.45. The smallest absolute Gasteiger partial charge is 0.305 e. The van der Waals surface area contributed by atoms with Crippen molar-refractivity contribution in [2.24, 2.45) is 0 Å². The molecule has 0 saturated carbocycles. The molecule has 440 valence electrons. The van der Waals surface area contributed by atoms with Crippen LogP contribution in [0.25, 0.3) is 0 Å². The SMILES string of the molecule is CCCCC/C=C\CCCCCCCC(=O)OCCCCCCCCCCCCCCCCCCCCCCC(=O)NC(CO)C(O)CCCCCCCCCCCCCCCCCCCCCCCCCCC. The molecule has 0 rings (SSSR count). The van der Waals surface area contributed by atoms with E-state index in [1.165, 1.54) is 308 Å². The first kappa shape index (κ1) is 72.6. The summed E-state index contributed by atoms with van der Waals surface area (Å²) in [5, 5.41) is 23.4. The number of amides is 1. The zero-order chi connectivity index (χ0) is 53.6. The van der Waals surface area contributed by atoms with Crippen molar-refractivity contribution in [1.82, 2.24) is 5.32 Å². The van der Waals surface area contributed by atoms with Gasteiger partial charge in [-0.3, -0.25) is 9.59 Å². The fourth-order valence-corrected chi connectivity index (χ4v) is 10.9. The Kier molecular flexibility index (Phi) is 62.9. The van der Waals surface area contributed by atoms with Crippen molar-refractivity contribution in [3.05, 3.63) is 12.2 Å². The van der Waals surface area contributed by atoms with Crippen LogP contribution in [-0.2, 0) is 14.3 Å². The normalized spacial score (nSPS) is 12.5. The topological polar surface area (TPSA) is 95.9 Å². The Morgan fingerprint density at radius 3 is 0.986 bits per heavy atom. The zero-order valence-electron chi connectivity index (χ0n) is 50.4. The molecule has 0 aromatic carbocycles. The van der Waals surface area contributed by atoms with Gasteiger partial charge in [-0.05, 0) is 51.4 Å². The van der Waals surface area contributed by atoms with Gasteiger partial charge >= 0.3 is 5.97 Å². The zero-order valence-corrected chi connectivity index (χ0v) is 50.4. The molecule has 0 fully saturated rings. The second-order valence-electron chi connectivity index (χ2n) is 23.5. The summed E-state index contributed by atoms with van der Waals surface area (Å²) in [6.07, 6.45) is 78.1. The third kappa shape index (κ3) is 59.8. The lowest BCUT2D eigenvalue weighted by Gasteiger charge is -2.22. The van der Waals surface area contributed by atoms with E-state index in [-0.39, 0.29) is 18.5 Å². The van der Waals surface area contributed by atoms with E-state index < -0.39 is 12.1 Å². The second kappa shape index (κ2) is 64.1. The summed E-state index contributed by atoms with van der Waals surface area (Å²) < 4.78 is 5.47. The monoisotopic (exact) mass is 1040 g/mol. The van der Waals surface area contributed by atoms with E-state index in [1.807, 2.05) is 0 Å². The largest absolute Gasteiger partial charge is 0.466 e. The lowest BCUT2D eigenvalue weighted by atomic mass is 10.0. The van der Waals surface area contributed by atoms with Gasteiger partial charge in [-0.2, -0.15) is 0 Å². The quantitative estimate of drug-likeness (QED) is 0.0320. The van der Waals surface area contributed by atoms with E-state index >= 15 is 0 Å². The molecular formula is C68H133NO5. The molecule has 0 aliphatic carbocycles. The highest BCUT2D eigenvalue weighted by molar-refractivity contribution is 5.76. The Labute approximate surface area is 463 Å². The Hall–Kier alpha value is -1.40. The molecule has 0 bridgehead atoms. The van der Waals surface area contributed by atoms with Crippen molar-refractivity contribution < 1.29 is 24.5 Å². The Bertz CT molecular complexity index is 1110. The Morgan fingerprint density at radius 1 is 0.365 bits per heavy atom. The summed E-state index contributed by atoms with van der Waals surface area (Å²) in [7, 11) is 0. The molecule has 0 aromatic rings. The molecule has 0 radical (unpaired) electrons. The lowest BCUT2D eigenvalue weighted by molar-refractivity contribution is -0.143. The number of carbonyl (C=O) groups is 2. The number of aliphatic hydroxyl groups excluding tert-OH is 2. The van der Waals surface area contributed by atoms with E-state index in [0.29, 0.717) is 25.9 Å². The number of hydrogen-bond donors (Lipinski definition) is 3. The molecule has 2 atom stereocenters. The van der Waals surface area contributed by atoms with Crippen molar-refractivity contribution in [1.29, 1.82) is 0 Å². The molecule has 74 heavy (non-hydrogen) atoms. The Morgan fingerprint density at radius 2 is 0.635 bits per heavy atom. The summed E-state index contributed by atoms with van der Waals surface area (Å²) in [5.41, 5.74) is 0. The molecule has 0 heterocycles. The first-order chi connectivity index (χ1) is 36.5. The fourth-order valence-electron chi connectivity index (χ4n) is 10.9. The van der Waals surface area contributed by atoms with Crippen molar-refractivity contribution in [2.75, 3.05) is 13.2 Å². The maximum Gasteiger partial charge on any atom is 0.305 e. The van der Waals surface area contributed by atoms with Gasteiger partial charge in [-0.1, -0.05) is 334 Å². The van der Waals surface area contributed by atoms with E-state index in [0.717, 1.165) is 44.9 Å². The number of allylic oxidation sites excluding steroid dienone is 2. The van der Waals surface area contributed by atoms with Crippen LogP contribution in [0.2, 0.25) is 0 Å². The minimum absolute atomic E-state index is 0.00171. The van der Waals surface area contributed by atoms with Crippen molar-refractivity contribution in [2.45, 2.75) is 398 Å². The number of ether oxygens (including phenoxy) is 1. The number of rotatable bonds is 64. The second-order valence-corrected chi connectivity index (χ2v) is 23.5. The molecule has 3 N–H and O–H groups in total. The van der Waals surface area contributed by atoms with Crippen LogP contribution in [0.5, 0.6) is 0 Å². The Balaban J connectivity index is 3.39. The number of aliphatic hydroxyl groups is 2. The predicted molar refractivity (Wildman–Crippen MR) is 324 cm³/mol. The third-order valence-electron chi connectivity index (χ3n) is 16.1. The summed E-state index contributed by atoms with van der Waals surface area (Å²) >= 11 is 0. The van der Waals surface area contributed by atoms with Gasteiger partial charge in [0.15, 0.2) is 0 Å². The maximum absolute atomic E-state index is 12.5. The highest BCUT2D eigenvalue weighted by atomic mass is 16.5. The van der Waals surface area contributed by atoms with Gasteiger partial charge < -0.3 is 20.3 Å². The molecule has 0 spiro atoms. The van der Waals surface area contributed by atoms with Gasteiger partial charge in [0.2, 0.25) is 5.91 Å². The number of unbranched alkanes of at least 4 members (excludes halogenated alkanes) is 51. The van der Waals surface area contributed by atoms with E-state index in [1.54, 1.807) is 0 Å². The first-order valence-corrected chi connectivity index (χ1v) is 33.9. The summed E-state index contributed by atoms with van der Waals surface area (Å²) in [6, 6.07) is -0.544. The summed E-state index contributed by atoms with van der Waals surface area (Å²) in [6.45, 7) is 4.96. The number of hydrogen-bond acceptors (Lipinski definition) is 5. The molecule has 0 saturated heterocycles. The van der Waals surface area contributed by atoms with E-state index in [2.05, 4.69) is 31.3 Å². The molecular weight excluding hydrogens is 911 g/mol. The average Bonchev–Trinajstić information content (AvgIpc) is 3.40.